The van der Waals surface area contributed by atoms with Crippen molar-refractivity contribution in [1.82, 2.24) is 5.32 Å². The molecule has 0 amide bonds. The second-order valence-corrected chi connectivity index (χ2v) is 5.13. The van der Waals surface area contributed by atoms with Gasteiger partial charge in [0.1, 0.15) is 0 Å². The van der Waals surface area contributed by atoms with E-state index in [0.29, 0.717) is 19.1 Å². The third-order valence-corrected chi connectivity index (χ3v) is 1.64. The maximum atomic E-state index is 9.54. The van der Waals surface area contributed by atoms with Gasteiger partial charge in [0.05, 0.1) is 18.3 Å². The van der Waals surface area contributed by atoms with Crippen molar-refractivity contribution in [3.63, 3.8) is 0 Å². The molecule has 0 radical (unpaired) electrons. The molecule has 0 aliphatic rings. The first-order valence-corrected chi connectivity index (χ1v) is 5.34. The molecule has 1 unspecified atom stereocenters. The number of aliphatic hydroxyl groups excluding tert-OH is 1. The molecule has 0 saturated carbocycles. The Balaban J connectivity index is 3.42. The summed E-state index contributed by atoms with van der Waals surface area (Å²) in [6, 6.07) is 0. The molecule has 0 aromatic heterocycles. The Bertz CT molecular complexity index is 141. The molecule has 3 nitrogen and oxygen atoms in total. The quantitative estimate of drug-likeness (QED) is 0.686. The Labute approximate surface area is 87.8 Å². The fourth-order valence-corrected chi connectivity index (χ4v) is 0.944. The van der Waals surface area contributed by atoms with E-state index in [-0.39, 0.29) is 5.60 Å². The largest absolute Gasteiger partial charge is 0.389 e. The van der Waals surface area contributed by atoms with E-state index in [0.717, 1.165) is 6.54 Å². The van der Waals surface area contributed by atoms with Crippen LogP contribution in [0.5, 0.6) is 0 Å². The van der Waals surface area contributed by atoms with E-state index < -0.39 is 6.10 Å². The SMILES string of the molecule is CC(C)CNCC(O)COC(C)(C)C. The fraction of sp³-hybridized carbons (Fsp3) is 1.00. The van der Waals surface area contributed by atoms with Crippen molar-refractivity contribution in [2.24, 2.45) is 5.92 Å². The van der Waals surface area contributed by atoms with Crippen LogP contribution in [-0.4, -0.2) is 36.5 Å². The lowest BCUT2D eigenvalue weighted by molar-refractivity contribution is -0.0479. The molecule has 0 bridgehead atoms. The van der Waals surface area contributed by atoms with Crippen LogP contribution in [0.15, 0.2) is 0 Å². The highest BCUT2D eigenvalue weighted by molar-refractivity contribution is 4.64. The number of hydrogen-bond donors (Lipinski definition) is 2. The van der Waals surface area contributed by atoms with Crippen LogP contribution >= 0.6 is 0 Å². The molecule has 0 aliphatic carbocycles. The average Bonchev–Trinajstić information content (AvgIpc) is 1.99. The molecule has 0 rings (SSSR count). The van der Waals surface area contributed by atoms with Gasteiger partial charge in [-0.25, -0.2) is 0 Å². The minimum atomic E-state index is -0.409. The van der Waals surface area contributed by atoms with Crippen LogP contribution in [0, 0.1) is 5.92 Å². The lowest BCUT2D eigenvalue weighted by atomic mass is 10.2. The van der Waals surface area contributed by atoms with E-state index in [4.69, 9.17) is 4.74 Å². The van der Waals surface area contributed by atoms with Gasteiger partial charge in [0.25, 0.3) is 0 Å². The topological polar surface area (TPSA) is 41.5 Å². The van der Waals surface area contributed by atoms with Gasteiger partial charge >= 0.3 is 0 Å². The first-order valence-electron chi connectivity index (χ1n) is 5.34. The molecule has 2 N–H and O–H groups in total. The van der Waals surface area contributed by atoms with Gasteiger partial charge in [-0.3, -0.25) is 0 Å². The van der Waals surface area contributed by atoms with E-state index in [1.54, 1.807) is 0 Å². The lowest BCUT2D eigenvalue weighted by Gasteiger charge is -2.22. The van der Waals surface area contributed by atoms with E-state index in [9.17, 15) is 5.11 Å². The summed E-state index contributed by atoms with van der Waals surface area (Å²) in [5, 5.41) is 12.7. The molecular weight excluding hydrogens is 178 g/mol. The molecule has 0 fully saturated rings. The molecule has 0 saturated heterocycles. The minimum Gasteiger partial charge on any atom is -0.389 e. The maximum Gasteiger partial charge on any atom is 0.0897 e. The Morgan fingerprint density at radius 1 is 1.21 bits per heavy atom. The van der Waals surface area contributed by atoms with Gasteiger partial charge in [0.15, 0.2) is 0 Å². The van der Waals surface area contributed by atoms with Crippen molar-refractivity contribution < 1.29 is 9.84 Å². The van der Waals surface area contributed by atoms with Crippen molar-refractivity contribution in [1.29, 1.82) is 0 Å². The van der Waals surface area contributed by atoms with Gasteiger partial charge in [-0.05, 0) is 33.2 Å². The Morgan fingerprint density at radius 3 is 2.21 bits per heavy atom. The highest BCUT2D eigenvalue weighted by Crippen LogP contribution is 2.06. The van der Waals surface area contributed by atoms with Crippen LogP contribution in [0.4, 0.5) is 0 Å². The number of hydrogen-bond acceptors (Lipinski definition) is 3. The smallest absolute Gasteiger partial charge is 0.0897 e. The van der Waals surface area contributed by atoms with Gasteiger partial charge in [-0.2, -0.15) is 0 Å². The standard InChI is InChI=1S/C11H25NO2/c1-9(2)6-12-7-10(13)8-14-11(3,4)5/h9-10,12-13H,6-8H2,1-5H3. The highest BCUT2D eigenvalue weighted by atomic mass is 16.5. The summed E-state index contributed by atoms with van der Waals surface area (Å²) in [4.78, 5) is 0. The average molecular weight is 203 g/mol. The first-order chi connectivity index (χ1) is 6.31. The summed E-state index contributed by atoms with van der Waals surface area (Å²) in [6.07, 6.45) is -0.409. The van der Waals surface area contributed by atoms with Crippen molar-refractivity contribution in [3.8, 4) is 0 Å². The summed E-state index contributed by atoms with van der Waals surface area (Å²) in [5.74, 6) is 0.616. The molecule has 0 spiro atoms. The number of nitrogens with one attached hydrogen (secondary N) is 1. The Hall–Kier alpha value is -0.120. The van der Waals surface area contributed by atoms with Crippen LogP contribution in [-0.2, 0) is 4.74 Å². The number of aliphatic hydroxyl groups is 1. The summed E-state index contributed by atoms with van der Waals surface area (Å²) in [6.45, 7) is 12.2. The van der Waals surface area contributed by atoms with E-state index in [1.165, 1.54) is 0 Å². The molecule has 0 heterocycles. The van der Waals surface area contributed by atoms with Crippen LogP contribution < -0.4 is 5.32 Å². The zero-order chi connectivity index (χ0) is 11.2. The van der Waals surface area contributed by atoms with Crippen LogP contribution in [0.25, 0.3) is 0 Å². The number of rotatable bonds is 6. The van der Waals surface area contributed by atoms with Crippen LogP contribution in [0.1, 0.15) is 34.6 Å². The predicted octanol–water partition coefficient (Wildman–Crippen LogP) is 1.41. The van der Waals surface area contributed by atoms with Crippen molar-refractivity contribution in [3.05, 3.63) is 0 Å². The predicted molar refractivity (Wildman–Crippen MR) is 59.4 cm³/mol. The van der Waals surface area contributed by atoms with Crippen LogP contribution in [0.3, 0.4) is 0 Å². The second kappa shape index (κ2) is 6.38. The molecule has 0 aliphatic heterocycles. The lowest BCUT2D eigenvalue weighted by Crippen LogP contribution is -2.35. The normalized spacial score (nSPS) is 14.8. The number of ether oxygens (including phenoxy) is 1. The zero-order valence-electron chi connectivity index (χ0n) is 10.1. The third kappa shape index (κ3) is 9.96. The van der Waals surface area contributed by atoms with Gasteiger partial charge in [-0.15, -0.1) is 0 Å². The van der Waals surface area contributed by atoms with E-state index in [2.05, 4.69) is 19.2 Å². The van der Waals surface area contributed by atoms with Crippen molar-refractivity contribution >= 4 is 0 Å². The molecule has 14 heavy (non-hydrogen) atoms. The summed E-state index contributed by atoms with van der Waals surface area (Å²) < 4.78 is 5.46. The molecule has 3 heteroatoms. The summed E-state index contributed by atoms with van der Waals surface area (Å²) >= 11 is 0. The third-order valence-electron chi connectivity index (χ3n) is 1.64. The minimum absolute atomic E-state index is 0.168. The summed E-state index contributed by atoms with van der Waals surface area (Å²) in [5.41, 5.74) is -0.168. The van der Waals surface area contributed by atoms with E-state index in [1.807, 2.05) is 20.8 Å². The molecule has 86 valence electrons. The van der Waals surface area contributed by atoms with Gasteiger partial charge < -0.3 is 15.2 Å². The molecule has 0 aromatic rings. The van der Waals surface area contributed by atoms with E-state index >= 15 is 0 Å². The van der Waals surface area contributed by atoms with Gasteiger partial charge in [0.2, 0.25) is 0 Å². The monoisotopic (exact) mass is 203 g/mol. The highest BCUT2D eigenvalue weighted by Gasteiger charge is 2.13. The molecular formula is C11H25NO2. The molecule has 1 atom stereocenters. The van der Waals surface area contributed by atoms with Gasteiger partial charge in [-0.1, -0.05) is 13.8 Å². The summed E-state index contributed by atoms with van der Waals surface area (Å²) in [7, 11) is 0. The second-order valence-electron chi connectivity index (χ2n) is 5.13. The van der Waals surface area contributed by atoms with Crippen molar-refractivity contribution in [2.45, 2.75) is 46.3 Å². The zero-order valence-corrected chi connectivity index (χ0v) is 10.1. The maximum absolute atomic E-state index is 9.54. The fourth-order valence-electron chi connectivity index (χ4n) is 0.944. The Kier molecular flexibility index (Phi) is 6.33. The van der Waals surface area contributed by atoms with Crippen LogP contribution in [0.2, 0.25) is 0 Å². The van der Waals surface area contributed by atoms with Gasteiger partial charge in [0, 0.05) is 6.54 Å². The first kappa shape index (κ1) is 13.9. The molecule has 0 aromatic carbocycles. The Morgan fingerprint density at radius 2 is 1.79 bits per heavy atom. The van der Waals surface area contributed by atoms with Crippen molar-refractivity contribution in [2.75, 3.05) is 19.7 Å².